The maximum absolute atomic E-state index is 12.7. The first-order valence-electron chi connectivity index (χ1n) is 6.67. The van der Waals surface area contributed by atoms with E-state index in [1.165, 1.54) is 0 Å². The van der Waals surface area contributed by atoms with Gasteiger partial charge in [-0.05, 0) is 73.8 Å². The predicted molar refractivity (Wildman–Crippen MR) is 88.3 cm³/mol. The normalized spacial score (nSPS) is 11.6. The summed E-state index contributed by atoms with van der Waals surface area (Å²) in [5.74, 6) is 0. The highest BCUT2D eigenvalue weighted by atomic mass is 79.9. The van der Waals surface area contributed by atoms with Crippen molar-refractivity contribution in [2.75, 3.05) is 6.54 Å². The molecule has 0 atom stereocenters. The summed E-state index contributed by atoms with van der Waals surface area (Å²) in [5.41, 5.74) is 8.40. The van der Waals surface area contributed by atoms with Gasteiger partial charge in [0.15, 0.2) is 0 Å². The number of nitrogens with two attached hydrogens (primary N) is 1. The molecule has 2 N–H and O–H groups in total. The maximum atomic E-state index is 12.7. The Bertz CT molecular complexity index is 753. The molecule has 0 fully saturated rings. The lowest BCUT2D eigenvalue weighted by Gasteiger charge is -2.12. The molecule has 0 radical (unpaired) electrons. The number of rotatable bonds is 4. The van der Waals surface area contributed by atoms with Crippen molar-refractivity contribution in [1.29, 1.82) is 0 Å². The van der Waals surface area contributed by atoms with Gasteiger partial charge in [-0.1, -0.05) is 22.0 Å². The highest BCUT2D eigenvalue weighted by Gasteiger charge is 2.20. The molecule has 112 valence electrons. The Morgan fingerprint density at radius 1 is 1.05 bits per heavy atom. The first kappa shape index (κ1) is 16.2. The van der Waals surface area contributed by atoms with E-state index in [9.17, 15) is 8.42 Å². The van der Waals surface area contributed by atoms with E-state index >= 15 is 0 Å². The smallest absolute Gasteiger partial charge is 0.206 e. The van der Waals surface area contributed by atoms with Crippen LogP contribution in [-0.4, -0.2) is 15.0 Å². The Balaban J connectivity index is 2.55. The molecule has 0 heterocycles. The summed E-state index contributed by atoms with van der Waals surface area (Å²) in [5, 5.41) is 0. The zero-order chi connectivity index (χ0) is 15.6. The number of halogens is 1. The molecule has 3 nitrogen and oxygen atoms in total. The van der Waals surface area contributed by atoms with Crippen LogP contribution >= 0.6 is 15.9 Å². The van der Waals surface area contributed by atoms with Crippen LogP contribution in [-0.2, 0) is 16.3 Å². The molecule has 0 aliphatic carbocycles. The average molecular weight is 368 g/mol. The lowest BCUT2D eigenvalue weighted by molar-refractivity contribution is 0.595. The van der Waals surface area contributed by atoms with Gasteiger partial charge in [0.2, 0.25) is 9.84 Å². The number of benzene rings is 2. The van der Waals surface area contributed by atoms with Crippen molar-refractivity contribution in [2.24, 2.45) is 5.73 Å². The second-order valence-corrected chi connectivity index (χ2v) is 7.87. The molecule has 0 saturated carbocycles. The Labute approximate surface area is 134 Å². The van der Waals surface area contributed by atoms with Crippen LogP contribution in [0, 0.1) is 13.8 Å². The van der Waals surface area contributed by atoms with Gasteiger partial charge in [-0.3, -0.25) is 0 Å². The maximum Gasteiger partial charge on any atom is 0.206 e. The fourth-order valence-electron chi connectivity index (χ4n) is 2.30. The third-order valence-corrected chi connectivity index (χ3v) is 5.90. The molecule has 0 aromatic heterocycles. The zero-order valence-electron chi connectivity index (χ0n) is 12.1. The van der Waals surface area contributed by atoms with Crippen molar-refractivity contribution < 1.29 is 8.42 Å². The van der Waals surface area contributed by atoms with Crippen LogP contribution in [0.15, 0.2) is 50.7 Å². The van der Waals surface area contributed by atoms with E-state index in [2.05, 4.69) is 15.9 Å². The van der Waals surface area contributed by atoms with E-state index in [1.807, 2.05) is 19.9 Å². The van der Waals surface area contributed by atoms with Gasteiger partial charge in [0.25, 0.3) is 0 Å². The third-order valence-electron chi connectivity index (χ3n) is 3.46. The molecule has 0 unspecified atom stereocenters. The van der Waals surface area contributed by atoms with E-state index in [0.717, 1.165) is 27.6 Å². The molecule has 0 bridgehead atoms. The number of aryl methyl sites for hydroxylation is 2. The fourth-order valence-corrected chi connectivity index (χ4v) is 4.13. The Morgan fingerprint density at radius 2 is 1.67 bits per heavy atom. The van der Waals surface area contributed by atoms with Crippen LogP contribution in [0.3, 0.4) is 0 Å². The van der Waals surface area contributed by atoms with Gasteiger partial charge in [-0.25, -0.2) is 8.42 Å². The molecule has 5 heteroatoms. The lowest BCUT2D eigenvalue weighted by Crippen LogP contribution is -2.08. The zero-order valence-corrected chi connectivity index (χ0v) is 14.5. The highest BCUT2D eigenvalue weighted by molar-refractivity contribution is 9.10. The van der Waals surface area contributed by atoms with Crippen LogP contribution in [0.5, 0.6) is 0 Å². The first-order chi connectivity index (χ1) is 9.86. The van der Waals surface area contributed by atoms with Crippen molar-refractivity contribution >= 4 is 25.8 Å². The fraction of sp³-hybridized carbons (Fsp3) is 0.250. The van der Waals surface area contributed by atoms with Crippen molar-refractivity contribution in [3.8, 4) is 0 Å². The van der Waals surface area contributed by atoms with E-state index in [4.69, 9.17) is 5.73 Å². The van der Waals surface area contributed by atoms with Gasteiger partial charge in [-0.15, -0.1) is 0 Å². The summed E-state index contributed by atoms with van der Waals surface area (Å²) >= 11 is 3.31. The summed E-state index contributed by atoms with van der Waals surface area (Å²) in [6, 6.07) is 10.4. The van der Waals surface area contributed by atoms with Crippen molar-refractivity contribution in [2.45, 2.75) is 30.1 Å². The standard InChI is InChI=1S/C16H18BrNO2S/c1-11-10-16(12(2)9-13(11)7-8-18)21(19,20)15-5-3-14(17)4-6-15/h3-6,9-10H,7-8,18H2,1-2H3. The summed E-state index contributed by atoms with van der Waals surface area (Å²) in [7, 11) is -3.49. The first-order valence-corrected chi connectivity index (χ1v) is 8.94. The van der Waals surface area contributed by atoms with E-state index in [1.54, 1.807) is 30.3 Å². The number of hydrogen-bond acceptors (Lipinski definition) is 3. The summed E-state index contributed by atoms with van der Waals surface area (Å²) in [6.07, 6.45) is 0.755. The number of sulfone groups is 1. The van der Waals surface area contributed by atoms with Crippen LogP contribution in [0.2, 0.25) is 0 Å². The van der Waals surface area contributed by atoms with E-state index < -0.39 is 9.84 Å². The minimum Gasteiger partial charge on any atom is -0.330 e. The molecule has 0 aliphatic heterocycles. The van der Waals surface area contributed by atoms with Gasteiger partial charge in [-0.2, -0.15) is 0 Å². The van der Waals surface area contributed by atoms with Crippen molar-refractivity contribution in [1.82, 2.24) is 0 Å². The number of hydrogen-bond donors (Lipinski definition) is 1. The minimum absolute atomic E-state index is 0.305. The van der Waals surface area contributed by atoms with E-state index in [-0.39, 0.29) is 0 Å². The third kappa shape index (κ3) is 3.36. The Hall–Kier alpha value is -1.17. The molecule has 2 aromatic carbocycles. The van der Waals surface area contributed by atoms with Crippen LogP contribution in [0.1, 0.15) is 16.7 Å². The topological polar surface area (TPSA) is 60.2 Å². The van der Waals surface area contributed by atoms with Crippen molar-refractivity contribution in [3.63, 3.8) is 0 Å². The van der Waals surface area contributed by atoms with Crippen LogP contribution in [0.4, 0.5) is 0 Å². The van der Waals surface area contributed by atoms with Crippen LogP contribution < -0.4 is 5.73 Å². The monoisotopic (exact) mass is 367 g/mol. The molecular weight excluding hydrogens is 350 g/mol. The van der Waals surface area contributed by atoms with Crippen molar-refractivity contribution in [3.05, 3.63) is 57.6 Å². The summed E-state index contributed by atoms with van der Waals surface area (Å²) < 4.78 is 26.3. The molecular formula is C16H18BrNO2S. The molecule has 21 heavy (non-hydrogen) atoms. The van der Waals surface area contributed by atoms with E-state index in [0.29, 0.717) is 16.3 Å². The summed E-state index contributed by atoms with van der Waals surface area (Å²) in [6.45, 7) is 4.30. The highest BCUT2D eigenvalue weighted by Crippen LogP contribution is 2.27. The van der Waals surface area contributed by atoms with Gasteiger partial charge >= 0.3 is 0 Å². The van der Waals surface area contributed by atoms with Gasteiger partial charge in [0.05, 0.1) is 9.79 Å². The minimum atomic E-state index is -3.49. The largest absolute Gasteiger partial charge is 0.330 e. The SMILES string of the molecule is Cc1cc(S(=O)(=O)c2ccc(Br)cc2)c(C)cc1CCN. The lowest BCUT2D eigenvalue weighted by atomic mass is 10.0. The summed E-state index contributed by atoms with van der Waals surface area (Å²) in [4.78, 5) is 0.669. The average Bonchev–Trinajstić information content (AvgIpc) is 2.43. The second-order valence-electron chi connectivity index (χ2n) is 5.04. The Kier molecular flexibility index (Phi) is 4.86. The van der Waals surface area contributed by atoms with Gasteiger partial charge in [0, 0.05) is 4.47 Å². The van der Waals surface area contributed by atoms with Gasteiger partial charge in [0.1, 0.15) is 0 Å². The van der Waals surface area contributed by atoms with Crippen LogP contribution in [0.25, 0.3) is 0 Å². The molecule has 2 aromatic rings. The Morgan fingerprint density at radius 3 is 2.24 bits per heavy atom. The molecule has 0 spiro atoms. The molecule has 2 rings (SSSR count). The quantitative estimate of drug-likeness (QED) is 0.900. The predicted octanol–water partition coefficient (Wildman–Crippen LogP) is 3.40. The van der Waals surface area contributed by atoms with Gasteiger partial charge < -0.3 is 5.73 Å². The molecule has 0 saturated heterocycles. The second kappa shape index (κ2) is 6.30. The molecule has 0 amide bonds. The molecule has 0 aliphatic rings.